The molecule has 4 nitrogen and oxygen atoms in total. The van der Waals surface area contributed by atoms with Crippen molar-refractivity contribution >= 4 is 11.5 Å². The molecule has 0 aliphatic heterocycles. The average Bonchev–Trinajstić information content (AvgIpc) is 2.71. The monoisotopic (exact) mass is 192 g/mol. The second-order valence-corrected chi connectivity index (χ2v) is 3.20. The summed E-state index contributed by atoms with van der Waals surface area (Å²) in [5.74, 6) is 0. The highest BCUT2D eigenvalue weighted by Gasteiger charge is 2.10. The molecule has 0 aromatic carbocycles. The Bertz CT molecular complexity index is 359. The first-order chi connectivity index (χ1) is 6.38. The Morgan fingerprint density at radius 2 is 2.38 bits per heavy atom. The average molecular weight is 192 g/mol. The summed E-state index contributed by atoms with van der Waals surface area (Å²) in [5, 5.41) is 5.75. The molecule has 2 N–H and O–H groups in total. The summed E-state index contributed by atoms with van der Waals surface area (Å²) in [6, 6.07) is 3.57. The van der Waals surface area contributed by atoms with Gasteiger partial charge in [-0.3, -0.25) is 4.98 Å². The lowest BCUT2D eigenvalue weighted by Crippen LogP contribution is -2.12. The van der Waals surface area contributed by atoms with Gasteiger partial charge < -0.3 is 5.73 Å². The highest BCUT2D eigenvalue weighted by molar-refractivity contribution is 7.03. The molecule has 0 bridgehead atoms. The molecule has 0 radical (unpaired) electrons. The standard InChI is InChI=1S/C8H8N4S/c9-8(7-5-13-12-11-7)6-2-1-3-10-4-6/h1-5,8H,9H2. The number of hydrogen-bond donors (Lipinski definition) is 1. The topological polar surface area (TPSA) is 64.7 Å². The van der Waals surface area contributed by atoms with Gasteiger partial charge in [0.25, 0.3) is 0 Å². The normalized spacial score (nSPS) is 12.7. The summed E-state index contributed by atoms with van der Waals surface area (Å²) in [6.45, 7) is 0. The fraction of sp³-hybridized carbons (Fsp3) is 0.125. The van der Waals surface area contributed by atoms with Gasteiger partial charge in [0.2, 0.25) is 0 Å². The second kappa shape index (κ2) is 3.59. The van der Waals surface area contributed by atoms with E-state index >= 15 is 0 Å². The molecule has 0 aliphatic rings. The Labute approximate surface area is 79.6 Å². The number of pyridine rings is 1. The first kappa shape index (κ1) is 8.28. The van der Waals surface area contributed by atoms with E-state index in [1.807, 2.05) is 17.5 Å². The summed E-state index contributed by atoms with van der Waals surface area (Å²) in [4.78, 5) is 3.99. The molecule has 2 rings (SSSR count). The van der Waals surface area contributed by atoms with Crippen LogP contribution in [0.15, 0.2) is 29.9 Å². The summed E-state index contributed by atoms with van der Waals surface area (Å²) >= 11 is 1.30. The largest absolute Gasteiger partial charge is 0.319 e. The highest BCUT2D eigenvalue weighted by atomic mass is 32.1. The zero-order valence-electron chi connectivity index (χ0n) is 6.79. The van der Waals surface area contributed by atoms with E-state index in [0.717, 1.165) is 11.3 Å². The number of rotatable bonds is 2. The van der Waals surface area contributed by atoms with E-state index in [0.29, 0.717) is 0 Å². The molecule has 1 unspecified atom stereocenters. The lowest BCUT2D eigenvalue weighted by Gasteiger charge is -2.06. The van der Waals surface area contributed by atoms with Gasteiger partial charge in [-0.25, -0.2) is 0 Å². The van der Waals surface area contributed by atoms with E-state index < -0.39 is 0 Å². The molecule has 0 fully saturated rings. The molecule has 0 saturated carbocycles. The van der Waals surface area contributed by atoms with Gasteiger partial charge in [-0.15, -0.1) is 5.10 Å². The SMILES string of the molecule is NC(c1cccnc1)c1csnn1. The maximum Gasteiger partial charge on any atom is 0.0968 e. The fourth-order valence-electron chi connectivity index (χ4n) is 1.04. The summed E-state index contributed by atoms with van der Waals surface area (Å²) in [6.07, 6.45) is 3.46. The van der Waals surface area contributed by atoms with Crippen molar-refractivity contribution < 1.29 is 0 Å². The third-order valence-electron chi connectivity index (χ3n) is 1.74. The third kappa shape index (κ3) is 1.71. The van der Waals surface area contributed by atoms with Gasteiger partial charge in [-0.2, -0.15) is 0 Å². The maximum atomic E-state index is 5.92. The molecule has 13 heavy (non-hydrogen) atoms. The van der Waals surface area contributed by atoms with Gasteiger partial charge in [0.1, 0.15) is 0 Å². The van der Waals surface area contributed by atoms with Gasteiger partial charge in [0.15, 0.2) is 0 Å². The van der Waals surface area contributed by atoms with E-state index in [4.69, 9.17) is 5.73 Å². The first-order valence-corrected chi connectivity index (χ1v) is 4.64. The van der Waals surface area contributed by atoms with Crippen molar-refractivity contribution in [1.82, 2.24) is 14.6 Å². The van der Waals surface area contributed by atoms with Crippen molar-refractivity contribution in [3.8, 4) is 0 Å². The van der Waals surface area contributed by atoms with Crippen molar-refractivity contribution in [1.29, 1.82) is 0 Å². The molecule has 0 aliphatic carbocycles. The van der Waals surface area contributed by atoms with Crippen LogP contribution in [0.2, 0.25) is 0 Å². The predicted octanol–water partition coefficient (Wildman–Crippen LogP) is 0.981. The first-order valence-electron chi connectivity index (χ1n) is 3.80. The zero-order chi connectivity index (χ0) is 9.10. The molecule has 0 spiro atoms. The summed E-state index contributed by atoms with van der Waals surface area (Å²) in [5.41, 5.74) is 7.67. The molecule has 5 heteroatoms. The van der Waals surface area contributed by atoms with Crippen molar-refractivity contribution in [2.75, 3.05) is 0 Å². The van der Waals surface area contributed by atoms with Gasteiger partial charge in [-0.05, 0) is 23.2 Å². The van der Waals surface area contributed by atoms with Crippen LogP contribution in [0.5, 0.6) is 0 Å². The van der Waals surface area contributed by atoms with Gasteiger partial charge in [0, 0.05) is 17.8 Å². The van der Waals surface area contributed by atoms with Crippen molar-refractivity contribution in [3.63, 3.8) is 0 Å². The van der Waals surface area contributed by atoms with E-state index in [2.05, 4.69) is 14.6 Å². The van der Waals surface area contributed by atoms with E-state index in [-0.39, 0.29) is 6.04 Å². The molecule has 66 valence electrons. The maximum absolute atomic E-state index is 5.92. The lowest BCUT2D eigenvalue weighted by molar-refractivity contribution is 0.812. The minimum atomic E-state index is -0.215. The van der Waals surface area contributed by atoms with Crippen LogP contribution in [-0.4, -0.2) is 14.6 Å². The third-order valence-corrected chi connectivity index (χ3v) is 2.26. The minimum absolute atomic E-state index is 0.215. The molecule has 1 atom stereocenters. The smallest absolute Gasteiger partial charge is 0.0968 e. The molecule has 2 heterocycles. The van der Waals surface area contributed by atoms with Gasteiger partial charge in [-0.1, -0.05) is 10.6 Å². The number of hydrogen-bond acceptors (Lipinski definition) is 5. The van der Waals surface area contributed by atoms with E-state index in [1.165, 1.54) is 11.5 Å². The van der Waals surface area contributed by atoms with Crippen molar-refractivity contribution in [2.45, 2.75) is 6.04 Å². The fourth-order valence-corrected chi connectivity index (χ4v) is 1.53. The van der Waals surface area contributed by atoms with Crippen LogP contribution in [0.1, 0.15) is 17.3 Å². The Kier molecular flexibility index (Phi) is 2.29. The second-order valence-electron chi connectivity index (χ2n) is 2.59. The minimum Gasteiger partial charge on any atom is -0.319 e. The lowest BCUT2D eigenvalue weighted by atomic mass is 10.1. The number of aromatic nitrogens is 3. The Hall–Kier alpha value is -1.33. The van der Waals surface area contributed by atoms with Crippen molar-refractivity contribution in [3.05, 3.63) is 41.2 Å². The van der Waals surface area contributed by atoms with Crippen LogP contribution in [-0.2, 0) is 0 Å². The van der Waals surface area contributed by atoms with E-state index in [9.17, 15) is 0 Å². The molecular weight excluding hydrogens is 184 g/mol. The molecule has 2 aromatic rings. The molecule has 0 saturated heterocycles. The number of nitrogens with two attached hydrogens (primary N) is 1. The zero-order valence-corrected chi connectivity index (χ0v) is 7.61. The highest BCUT2D eigenvalue weighted by Crippen LogP contribution is 2.16. The molecular formula is C8H8N4S. The Morgan fingerprint density at radius 3 is 3.00 bits per heavy atom. The van der Waals surface area contributed by atoms with E-state index in [1.54, 1.807) is 12.4 Å². The molecule has 0 amide bonds. The molecule has 2 aromatic heterocycles. The Morgan fingerprint density at radius 1 is 1.46 bits per heavy atom. The van der Waals surface area contributed by atoms with Crippen LogP contribution in [0.25, 0.3) is 0 Å². The Balaban J connectivity index is 2.29. The van der Waals surface area contributed by atoms with Crippen molar-refractivity contribution in [2.24, 2.45) is 5.73 Å². The quantitative estimate of drug-likeness (QED) is 0.770. The van der Waals surface area contributed by atoms with Gasteiger partial charge in [0.05, 0.1) is 11.7 Å². The summed E-state index contributed by atoms with van der Waals surface area (Å²) < 4.78 is 3.76. The van der Waals surface area contributed by atoms with Gasteiger partial charge >= 0.3 is 0 Å². The predicted molar refractivity (Wildman–Crippen MR) is 50.2 cm³/mol. The van der Waals surface area contributed by atoms with Crippen LogP contribution < -0.4 is 5.73 Å². The van der Waals surface area contributed by atoms with Crippen LogP contribution in [0, 0.1) is 0 Å². The van der Waals surface area contributed by atoms with Crippen LogP contribution in [0.3, 0.4) is 0 Å². The number of nitrogens with zero attached hydrogens (tertiary/aromatic N) is 3. The van der Waals surface area contributed by atoms with Crippen LogP contribution in [0.4, 0.5) is 0 Å². The summed E-state index contributed by atoms with van der Waals surface area (Å²) in [7, 11) is 0. The van der Waals surface area contributed by atoms with Crippen LogP contribution >= 0.6 is 11.5 Å².